The molecule has 0 saturated carbocycles. The van der Waals surface area contributed by atoms with Crippen molar-refractivity contribution in [2.45, 2.75) is 6.16 Å². The SMILES string of the molecule is COc1ccc(CP(c2ccccc2)c2ccccc2)cc1. The minimum absolute atomic E-state index is 0.382. The second-order valence-corrected chi connectivity index (χ2v) is 7.31. The lowest BCUT2D eigenvalue weighted by molar-refractivity contribution is 0.414. The molecule has 0 saturated heterocycles. The van der Waals surface area contributed by atoms with E-state index in [1.807, 2.05) is 12.1 Å². The van der Waals surface area contributed by atoms with Gasteiger partial charge in [0.2, 0.25) is 0 Å². The van der Waals surface area contributed by atoms with E-state index >= 15 is 0 Å². The lowest BCUT2D eigenvalue weighted by Crippen LogP contribution is -2.12. The summed E-state index contributed by atoms with van der Waals surface area (Å²) in [5.74, 6) is 0.910. The van der Waals surface area contributed by atoms with Gasteiger partial charge in [0.1, 0.15) is 5.75 Å². The quantitative estimate of drug-likeness (QED) is 0.638. The molecule has 1 nitrogen and oxygen atoms in total. The molecule has 0 fully saturated rings. The molecule has 0 aromatic heterocycles. The fourth-order valence-electron chi connectivity index (χ4n) is 2.46. The van der Waals surface area contributed by atoms with Crippen molar-refractivity contribution in [3.05, 3.63) is 90.5 Å². The molecule has 2 heteroatoms. The van der Waals surface area contributed by atoms with Crippen LogP contribution in [0.1, 0.15) is 5.56 Å². The van der Waals surface area contributed by atoms with E-state index in [4.69, 9.17) is 4.74 Å². The maximum atomic E-state index is 5.25. The molecule has 0 bridgehead atoms. The predicted molar refractivity (Wildman–Crippen MR) is 95.8 cm³/mol. The molecule has 0 amide bonds. The second kappa shape index (κ2) is 7.24. The van der Waals surface area contributed by atoms with Crippen LogP contribution in [-0.4, -0.2) is 7.11 Å². The Labute approximate surface area is 133 Å². The van der Waals surface area contributed by atoms with Crippen LogP contribution in [-0.2, 0) is 6.16 Å². The van der Waals surface area contributed by atoms with Crippen molar-refractivity contribution < 1.29 is 4.74 Å². The van der Waals surface area contributed by atoms with Gasteiger partial charge in [-0.15, -0.1) is 0 Å². The highest BCUT2D eigenvalue weighted by Gasteiger charge is 2.14. The van der Waals surface area contributed by atoms with Crippen molar-refractivity contribution in [3.8, 4) is 5.75 Å². The monoisotopic (exact) mass is 306 g/mol. The number of hydrogen-bond acceptors (Lipinski definition) is 1. The Balaban J connectivity index is 1.91. The highest BCUT2D eigenvalue weighted by Crippen LogP contribution is 2.37. The number of benzene rings is 3. The van der Waals surface area contributed by atoms with E-state index in [1.165, 1.54) is 16.2 Å². The number of methoxy groups -OCH3 is 1. The first kappa shape index (κ1) is 14.8. The molecule has 0 aliphatic carbocycles. The molecule has 0 aliphatic heterocycles. The topological polar surface area (TPSA) is 9.23 Å². The predicted octanol–water partition coefficient (Wildman–Crippen LogP) is 4.33. The Bertz CT molecular complexity index is 653. The van der Waals surface area contributed by atoms with E-state index in [0.29, 0.717) is 0 Å². The lowest BCUT2D eigenvalue weighted by atomic mass is 10.2. The molecule has 0 N–H and O–H groups in total. The third kappa shape index (κ3) is 3.55. The summed E-state index contributed by atoms with van der Waals surface area (Å²) >= 11 is 0. The minimum Gasteiger partial charge on any atom is -0.497 e. The van der Waals surface area contributed by atoms with Crippen LogP contribution in [0.25, 0.3) is 0 Å². The van der Waals surface area contributed by atoms with Gasteiger partial charge in [0.25, 0.3) is 0 Å². The Kier molecular flexibility index (Phi) is 4.88. The van der Waals surface area contributed by atoms with Gasteiger partial charge in [-0.2, -0.15) is 0 Å². The van der Waals surface area contributed by atoms with Gasteiger partial charge in [0.05, 0.1) is 7.11 Å². The van der Waals surface area contributed by atoms with Crippen LogP contribution in [0.4, 0.5) is 0 Å². The van der Waals surface area contributed by atoms with E-state index in [0.717, 1.165) is 11.9 Å². The third-order valence-corrected chi connectivity index (χ3v) is 6.16. The Morgan fingerprint density at radius 3 is 1.64 bits per heavy atom. The summed E-state index contributed by atoms with van der Waals surface area (Å²) in [6, 6.07) is 30.0. The van der Waals surface area contributed by atoms with Crippen LogP contribution < -0.4 is 15.3 Å². The summed E-state index contributed by atoms with van der Waals surface area (Å²) in [5, 5.41) is 2.83. The molecule has 3 rings (SSSR count). The molecule has 0 radical (unpaired) electrons. The summed E-state index contributed by atoms with van der Waals surface area (Å²) in [5.41, 5.74) is 1.35. The summed E-state index contributed by atoms with van der Waals surface area (Å²) in [6.45, 7) is 0. The van der Waals surface area contributed by atoms with Crippen LogP contribution in [0, 0.1) is 0 Å². The van der Waals surface area contributed by atoms with E-state index < -0.39 is 0 Å². The van der Waals surface area contributed by atoms with Crippen molar-refractivity contribution in [1.29, 1.82) is 0 Å². The molecule has 0 heterocycles. The molecule has 22 heavy (non-hydrogen) atoms. The van der Waals surface area contributed by atoms with Gasteiger partial charge in [-0.3, -0.25) is 0 Å². The molecular formula is C20H19OP. The zero-order valence-electron chi connectivity index (χ0n) is 12.6. The second-order valence-electron chi connectivity index (χ2n) is 5.11. The van der Waals surface area contributed by atoms with E-state index in [9.17, 15) is 0 Å². The summed E-state index contributed by atoms with van der Waals surface area (Å²) in [7, 11) is 1.32. The molecule has 0 unspecified atom stereocenters. The summed E-state index contributed by atoms with van der Waals surface area (Å²) < 4.78 is 5.25. The van der Waals surface area contributed by atoms with Gasteiger partial charge in [-0.05, 0) is 36.2 Å². The van der Waals surface area contributed by atoms with Crippen LogP contribution in [0.5, 0.6) is 5.75 Å². The average Bonchev–Trinajstić information content (AvgIpc) is 2.62. The molecule has 110 valence electrons. The van der Waals surface area contributed by atoms with Gasteiger partial charge >= 0.3 is 0 Å². The molecule has 0 spiro atoms. The average molecular weight is 306 g/mol. The van der Waals surface area contributed by atoms with Gasteiger partial charge in [0, 0.05) is 6.16 Å². The largest absolute Gasteiger partial charge is 0.497 e. The Hall–Kier alpha value is -2.11. The molecule has 3 aromatic rings. The van der Waals surface area contributed by atoms with Crippen molar-refractivity contribution in [2.24, 2.45) is 0 Å². The normalized spacial score (nSPS) is 10.6. The fraction of sp³-hybridized carbons (Fsp3) is 0.100. The maximum absolute atomic E-state index is 5.25. The van der Waals surface area contributed by atoms with E-state index in [-0.39, 0.29) is 7.92 Å². The number of hydrogen-bond donors (Lipinski definition) is 0. The number of ether oxygens (including phenoxy) is 1. The summed E-state index contributed by atoms with van der Waals surface area (Å²) in [6.07, 6.45) is 1.05. The van der Waals surface area contributed by atoms with Crippen LogP contribution in [0.2, 0.25) is 0 Å². The highest BCUT2D eigenvalue weighted by atomic mass is 31.1. The van der Waals surface area contributed by atoms with Gasteiger partial charge in [0.15, 0.2) is 0 Å². The molecule has 0 aliphatic rings. The van der Waals surface area contributed by atoms with E-state index in [2.05, 4.69) is 72.8 Å². The summed E-state index contributed by atoms with van der Waals surface area (Å²) in [4.78, 5) is 0. The van der Waals surface area contributed by atoms with E-state index in [1.54, 1.807) is 7.11 Å². The Morgan fingerprint density at radius 1 is 0.682 bits per heavy atom. The lowest BCUT2D eigenvalue weighted by Gasteiger charge is -2.19. The Morgan fingerprint density at radius 2 is 1.18 bits per heavy atom. The first-order valence-electron chi connectivity index (χ1n) is 7.37. The molecular weight excluding hydrogens is 287 g/mol. The maximum Gasteiger partial charge on any atom is 0.118 e. The van der Waals surface area contributed by atoms with Crippen LogP contribution in [0.3, 0.4) is 0 Å². The van der Waals surface area contributed by atoms with Gasteiger partial charge in [-0.1, -0.05) is 72.8 Å². The van der Waals surface area contributed by atoms with Crippen molar-refractivity contribution in [3.63, 3.8) is 0 Å². The third-order valence-electron chi connectivity index (χ3n) is 3.64. The zero-order chi connectivity index (χ0) is 15.2. The van der Waals surface area contributed by atoms with Crippen molar-refractivity contribution in [1.82, 2.24) is 0 Å². The van der Waals surface area contributed by atoms with Crippen LogP contribution >= 0.6 is 7.92 Å². The first-order valence-corrected chi connectivity index (χ1v) is 8.90. The van der Waals surface area contributed by atoms with Gasteiger partial charge in [-0.25, -0.2) is 0 Å². The first-order chi connectivity index (χ1) is 10.9. The van der Waals surface area contributed by atoms with Crippen molar-refractivity contribution >= 4 is 18.5 Å². The minimum atomic E-state index is -0.382. The van der Waals surface area contributed by atoms with Crippen molar-refractivity contribution in [2.75, 3.05) is 7.11 Å². The number of rotatable bonds is 5. The zero-order valence-corrected chi connectivity index (χ0v) is 13.5. The van der Waals surface area contributed by atoms with Gasteiger partial charge < -0.3 is 4.74 Å². The van der Waals surface area contributed by atoms with Crippen LogP contribution in [0.15, 0.2) is 84.9 Å². The smallest absolute Gasteiger partial charge is 0.118 e. The molecule has 0 atom stereocenters. The fourth-order valence-corrected chi connectivity index (χ4v) is 4.76. The highest BCUT2D eigenvalue weighted by molar-refractivity contribution is 7.72. The molecule has 3 aromatic carbocycles. The standard InChI is InChI=1S/C20H19OP/c1-21-18-14-12-17(13-15-18)16-22(19-8-4-2-5-9-19)20-10-6-3-7-11-20/h2-15H,16H2,1H3.